The first-order valence-electron chi connectivity index (χ1n) is 7.23. The van der Waals surface area contributed by atoms with Gasteiger partial charge in [-0.25, -0.2) is 9.37 Å². The molecule has 0 aliphatic carbocycles. The van der Waals surface area contributed by atoms with Gasteiger partial charge in [-0.15, -0.1) is 0 Å². The van der Waals surface area contributed by atoms with Crippen molar-refractivity contribution in [1.29, 1.82) is 0 Å². The van der Waals surface area contributed by atoms with Crippen LogP contribution < -0.4 is 10.1 Å². The van der Waals surface area contributed by atoms with Crippen LogP contribution in [0.5, 0.6) is 5.75 Å². The Balaban J connectivity index is 1.80. The van der Waals surface area contributed by atoms with E-state index < -0.39 is 0 Å². The average Bonchev–Trinajstić information content (AvgIpc) is 2.95. The number of aryl methyl sites for hydroxylation is 1. The van der Waals surface area contributed by atoms with Gasteiger partial charge in [0.1, 0.15) is 18.8 Å². The second kappa shape index (κ2) is 8.11. The lowest BCUT2D eigenvalue weighted by Crippen LogP contribution is -2.40. The predicted molar refractivity (Wildman–Crippen MR) is 85.7 cm³/mol. The van der Waals surface area contributed by atoms with Crippen molar-refractivity contribution in [3.8, 4) is 5.75 Å². The van der Waals surface area contributed by atoms with Crippen LogP contribution in [0, 0.1) is 5.82 Å². The van der Waals surface area contributed by atoms with Crippen LogP contribution in [0.2, 0.25) is 0 Å². The summed E-state index contributed by atoms with van der Waals surface area (Å²) in [6, 6.07) is 6.35. The Morgan fingerprint density at radius 3 is 2.87 bits per heavy atom. The molecule has 2 aromatic rings. The van der Waals surface area contributed by atoms with Crippen molar-refractivity contribution >= 4 is 5.96 Å². The normalized spacial score (nSPS) is 11.4. The summed E-state index contributed by atoms with van der Waals surface area (Å²) in [6.45, 7) is 1.43. The minimum Gasteiger partial charge on any atom is -0.489 e. The van der Waals surface area contributed by atoms with Crippen LogP contribution in [-0.4, -0.2) is 52.9 Å². The Labute approximate surface area is 134 Å². The minimum atomic E-state index is -0.361. The molecule has 0 amide bonds. The van der Waals surface area contributed by atoms with Crippen molar-refractivity contribution in [2.75, 3.05) is 27.2 Å². The van der Waals surface area contributed by atoms with Gasteiger partial charge in [-0.1, -0.05) is 12.1 Å². The second-order valence-electron chi connectivity index (χ2n) is 4.90. The molecule has 1 heterocycles. The van der Waals surface area contributed by atoms with Gasteiger partial charge in [-0.3, -0.25) is 9.67 Å². The van der Waals surface area contributed by atoms with Gasteiger partial charge >= 0.3 is 0 Å². The van der Waals surface area contributed by atoms with E-state index in [1.807, 2.05) is 19.0 Å². The van der Waals surface area contributed by atoms with E-state index in [9.17, 15) is 4.39 Å². The molecular weight excluding hydrogens is 299 g/mol. The Hall–Kier alpha value is -2.64. The molecule has 0 unspecified atom stereocenters. The number of rotatable bonds is 6. The Morgan fingerprint density at radius 1 is 1.43 bits per heavy atom. The molecule has 7 nitrogen and oxygen atoms in total. The number of hydrogen-bond donors (Lipinski definition) is 1. The molecule has 8 heteroatoms. The van der Waals surface area contributed by atoms with Crippen LogP contribution in [0.15, 0.2) is 35.6 Å². The van der Waals surface area contributed by atoms with E-state index in [1.165, 1.54) is 12.4 Å². The van der Waals surface area contributed by atoms with Gasteiger partial charge < -0.3 is 15.0 Å². The summed E-state index contributed by atoms with van der Waals surface area (Å²) < 4.78 is 20.6. The summed E-state index contributed by atoms with van der Waals surface area (Å²) in [7, 11) is 5.42. The predicted octanol–water partition coefficient (Wildman–Crippen LogP) is 1.04. The molecule has 124 valence electrons. The number of hydrogen-bond acceptors (Lipinski definition) is 4. The van der Waals surface area contributed by atoms with Gasteiger partial charge in [-0.05, 0) is 12.1 Å². The maximum absolute atomic E-state index is 13.5. The Kier molecular flexibility index (Phi) is 5.90. The van der Waals surface area contributed by atoms with Crippen LogP contribution in [0.3, 0.4) is 0 Å². The molecule has 0 aliphatic heterocycles. The Bertz CT molecular complexity index is 657. The third kappa shape index (κ3) is 4.67. The highest BCUT2D eigenvalue weighted by molar-refractivity contribution is 5.79. The maximum Gasteiger partial charge on any atom is 0.193 e. The zero-order valence-electron chi connectivity index (χ0n) is 13.5. The fourth-order valence-corrected chi connectivity index (χ4v) is 1.98. The zero-order valence-corrected chi connectivity index (χ0v) is 13.5. The van der Waals surface area contributed by atoms with Crippen molar-refractivity contribution in [1.82, 2.24) is 25.0 Å². The van der Waals surface area contributed by atoms with E-state index in [-0.39, 0.29) is 11.6 Å². The molecule has 0 fully saturated rings. The summed E-state index contributed by atoms with van der Waals surface area (Å²) in [5.41, 5.74) is 0. The van der Waals surface area contributed by atoms with Crippen molar-refractivity contribution < 1.29 is 9.13 Å². The first-order chi connectivity index (χ1) is 11.1. The number of aliphatic imine (C=N–C) groups is 1. The number of para-hydroxylation sites is 1. The lowest BCUT2D eigenvalue weighted by molar-refractivity contribution is 0.270. The van der Waals surface area contributed by atoms with Crippen LogP contribution in [0.25, 0.3) is 0 Å². The molecule has 0 aliphatic rings. The molecule has 23 heavy (non-hydrogen) atoms. The van der Waals surface area contributed by atoms with Crippen molar-refractivity contribution in [2.24, 2.45) is 12.0 Å². The highest BCUT2D eigenvalue weighted by Crippen LogP contribution is 2.14. The smallest absolute Gasteiger partial charge is 0.193 e. The number of ether oxygens (including phenoxy) is 1. The molecule has 2 rings (SSSR count). The summed E-state index contributed by atoms with van der Waals surface area (Å²) >= 11 is 0. The van der Waals surface area contributed by atoms with E-state index >= 15 is 0 Å². The van der Waals surface area contributed by atoms with E-state index in [4.69, 9.17) is 4.74 Å². The van der Waals surface area contributed by atoms with Crippen LogP contribution in [0.4, 0.5) is 4.39 Å². The third-order valence-electron chi connectivity index (χ3n) is 3.30. The fourth-order valence-electron chi connectivity index (χ4n) is 1.98. The lowest BCUT2D eigenvalue weighted by Gasteiger charge is -2.22. The van der Waals surface area contributed by atoms with Gasteiger partial charge in [0, 0.05) is 21.1 Å². The number of aromatic nitrogens is 3. The summed E-state index contributed by atoms with van der Waals surface area (Å²) in [5.74, 6) is 1.40. The molecular formula is C15H21FN6O. The van der Waals surface area contributed by atoms with Crippen molar-refractivity contribution in [3.05, 3.63) is 42.2 Å². The SMILES string of the molecule is CN=C(NCc1ncnn1C)N(C)CCOc1ccccc1F. The molecule has 0 bridgehead atoms. The topological polar surface area (TPSA) is 67.6 Å². The largest absolute Gasteiger partial charge is 0.489 e. The van der Waals surface area contributed by atoms with Crippen molar-refractivity contribution in [2.45, 2.75) is 6.54 Å². The molecule has 0 atom stereocenters. The molecule has 1 aromatic heterocycles. The second-order valence-corrected chi connectivity index (χ2v) is 4.90. The number of guanidine groups is 1. The monoisotopic (exact) mass is 320 g/mol. The summed E-state index contributed by atoms with van der Waals surface area (Å²) in [4.78, 5) is 10.2. The highest BCUT2D eigenvalue weighted by Gasteiger charge is 2.08. The lowest BCUT2D eigenvalue weighted by atomic mass is 10.3. The molecule has 1 aromatic carbocycles. The summed E-state index contributed by atoms with van der Waals surface area (Å²) in [5, 5.41) is 7.21. The molecule has 0 spiro atoms. The first kappa shape index (κ1) is 16.7. The van der Waals surface area contributed by atoms with E-state index in [1.54, 1.807) is 29.9 Å². The minimum absolute atomic E-state index is 0.253. The van der Waals surface area contributed by atoms with Crippen molar-refractivity contribution in [3.63, 3.8) is 0 Å². The maximum atomic E-state index is 13.5. The van der Waals surface area contributed by atoms with Crippen LogP contribution in [-0.2, 0) is 13.6 Å². The Morgan fingerprint density at radius 2 is 2.22 bits per heavy atom. The van der Waals surface area contributed by atoms with Gasteiger partial charge in [0.2, 0.25) is 0 Å². The van der Waals surface area contributed by atoms with E-state index in [2.05, 4.69) is 20.4 Å². The van der Waals surface area contributed by atoms with Gasteiger partial charge in [-0.2, -0.15) is 5.10 Å². The molecule has 0 radical (unpaired) electrons. The summed E-state index contributed by atoms with van der Waals surface area (Å²) in [6.07, 6.45) is 1.51. The number of benzene rings is 1. The number of nitrogens with zero attached hydrogens (tertiary/aromatic N) is 5. The zero-order chi connectivity index (χ0) is 16.7. The standard InChI is InChI=1S/C15H21FN6O/c1-17-15(18-10-14-19-11-20-22(14)3)21(2)8-9-23-13-7-5-4-6-12(13)16/h4-7,11H,8-10H2,1-3H3,(H,17,18). The highest BCUT2D eigenvalue weighted by atomic mass is 19.1. The van der Waals surface area contributed by atoms with Gasteiger partial charge in [0.05, 0.1) is 13.1 Å². The molecule has 0 saturated heterocycles. The number of halogens is 1. The molecule has 0 saturated carbocycles. The number of likely N-dealkylation sites (N-methyl/N-ethyl adjacent to an activating group) is 1. The van der Waals surface area contributed by atoms with E-state index in [0.29, 0.717) is 25.7 Å². The number of nitrogens with one attached hydrogen (secondary N) is 1. The first-order valence-corrected chi connectivity index (χ1v) is 7.23. The fraction of sp³-hybridized carbons (Fsp3) is 0.400. The quantitative estimate of drug-likeness (QED) is 0.636. The van der Waals surface area contributed by atoms with Gasteiger partial charge in [0.15, 0.2) is 17.5 Å². The van der Waals surface area contributed by atoms with Gasteiger partial charge in [0.25, 0.3) is 0 Å². The molecule has 1 N–H and O–H groups in total. The average molecular weight is 320 g/mol. The third-order valence-corrected chi connectivity index (χ3v) is 3.30. The van der Waals surface area contributed by atoms with Crippen LogP contribution >= 0.6 is 0 Å². The van der Waals surface area contributed by atoms with E-state index in [0.717, 1.165) is 5.82 Å². The van der Waals surface area contributed by atoms with Crippen LogP contribution in [0.1, 0.15) is 5.82 Å².